The Hall–Kier alpha value is -1.30. The lowest BCUT2D eigenvalue weighted by Crippen LogP contribution is -2.12. The van der Waals surface area contributed by atoms with E-state index in [1.165, 1.54) is 0 Å². The fourth-order valence-electron chi connectivity index (χ4n) is 1.18. The van der Waals surface area contributed by atoms with Gasteiger partial charge >= 0.3 is 5.97 Å². The van der Waals surface area contributed by atoms with Crippen LogP contribution < -0.4 is 0 Å². The van der Waals surface area contributed by atoms with E-state index in [2.05, 4.69) is 9.72 Å². The van der Waals surface area contributed by atoms with E-state index in [-0.39, 0.29) is 11.4 Å². The van der Waals surface area contributed by atoms with Crippen molar-refractivity contribution in [2.45, 2.75) is 12.3 Å². The molecule has 0 bridgehead atoms. The van der Waals surface area contributed by atoms with Crippen molar-refractivity contribution in [1.29, 1.82) is 0 Å². The van der Waals surface area contributed by atoms with Crippen LogP contribution in [0.25, 0.3) is 0 Å². The van der Waals surface area contributed by atoms with Gasteiger partial charge in [-0.05, 0) is 11.6 Å². The number of rotatable bonds is 3. The summed E-state index contributed by atoms with van der Waals surface area (Å²) >= 11 is 5.43. The van der Waals surface area contributed by atoms with Gasteiger partial charge in [0.2, 0.25) is 5.95 Å². The maximum atomic E-state index is 12.9. The molecule has 0 aliphatic heterocycles. The molecule has 0 atom stereocenters. The first-order valence-corrected chi connectivity index (χ1v) is 4.66. The Morgan fingerprint density at radius 2 is 2.25 bits per heavy atom. The van der Waals surface area contributed by atoms with E-state index in [1.807, 2.05) is 0 Å². The molecule has 16 heavy (non-hydrogen) atoms. The number of halogens is 4. The number of methoxy groups -OCH3 is 1. The van der Waals surface area contributed by atoms with E-state index >= 15 is 0 Å². The van der Waals surface area contributed by atoms with Crippen LogP contribution in [0.2, 0.25) is 0 Å². The molecule has 1 rings (SSSR count). The van der Waals surface area contributed by atoms with Crippen LogP contribution in [0.4, 0.5) is 13.2 Å². The van der Waals surface area contributed by atoms with Crippen molar-refractivity contribution in [3.8, 4) is 0 Å². The Balaban J connectivity index is 3.45. The van der Waals surface area contributed by atoms with Gasteiger partial charge in [0.15, 0.2) is 0 Å². The van der Waals surface area contributed by atoms with Crippen LogP contribution in [0, 0.1) is 5.95 Å². The minimum absolute atomic E-state index is 0.0729. The molecular weight excluding hydrogens is 247 g/mol. The van der Waals surface area contributed by atoms with Gasteiger partial charge in [-0.15, -0.1) is 11.6 Å². The Bertz CT molecular complexity index is 412. The van der Waals surface area contributed by atoms with Gasteiger partial charge in [-0.25, -0.2) is 18.6 Å². The first-order valence-electron chi connectivity index (χ1n) is 4.13. The molecule has 7 heteroatoms. The second kappa shape index (κ2) is 5.16. The Morgan fingerprint density at radius 1 is 1.62 bits per heavy atom. The molecule has 0 aliphatic carbocycles. The highest BCUT2D eigenvalue weighted by molar-refractivity contribution is 6.17. The molecule has 0 N–H and O–H groups in total. The molecule has 3 nitrogen and oxygen atoms in total. The van der Waals surface area contributed by atoms with Crippen LogP contribution >= 0.6 is 11.6 Å². The summed E-state index contributed by atoms with van der Waals surface area (Å²) < 4.78 is 42.3. The maximum absolute atomic E-state index is 12.9. The van der Waals surface area contributed by atoms with Gasteiger partial charge in [0.25, 0.3) is 6.43 Å². The van der Waals surface area contributed by atoms with Gasteiger partial charge in [-0.2, -0.15) is 4.39 Å². The minimum atomic E-state index is -3.08. The highest BCUT2D eigenvalue weighted by Crippen LogP contribution is 2.25. The summed E-state index contributed by atoms with van der Waals surface area (Å²) in [5.41, 5.74) is -1.51. The highest BCUT2D eigenvalue weighted by Gasteiger charge is 2.25. The lowest BCUT2D eigenvalue weighted by Gasteiger charge is -2.10. The van der Waals surface area contributed by atoms with E-state index in [1.54, 1.807) is 0 Å². The molecule has 0 radical (unpaired) electrons. The zero-order chi connectivity index (χ0) is 12.3. The zero-order valence-electron chi connectivity index (χ0n) is 8.14. The number of carbonyl (C=O) groups is 1. The van der Waals surface area contributed by atoms with Gasteiger partial charge in [0.05, 0.1) is 12.7 Å². The summed E-state index contributed by atoms with van der Waals surface area (Å²) in [6.45, 7) is 0. The lowest BCUT2D eigenvalue weighted by atomic mass is 10.1. The fraction of sp³-hybridized carbons (Fsp3) is 0.333. The van der Waals surface area contributed by atoms with Crippen molar-refractivity contribution < 1.29 is 22.7 Å². The molecule has 1 heterocycles. The van der Waals surface area contributed by atoms with Crippen molar-refractivity contribution >= 4 is 17.6 Å². The smallest absolute Gasteiger partial charge is 0.340 e. The van der Waals surface area contributed by atoms with Crippen LogP contribution in [0.1, 0.15) is 28.0 Å². The van der Waals surface area contributed by atoms with Crippen LogP contribution in [-0.4, -0.2) is 18.1 Å². The number of nitrogens with zero attached hydrogens (tertiary/aromatic N) is 1. The number of pyridine rings is 1. The summed E-state index contributed by atoms with van der Waals surface area (Å²) in [6, 6.07) is 0.825. The third kappa shape index (κ3) is 2.44. The van der Waals surface area contributed by atoms with Crippen molar-refractivity contribution in [3.05, 3.63) is 28.8 Å². The second-order valence-corrected chi connectivity index (χ2v) is 3.06. The van der Waals surface area contributed by atoms with Gasteiger partial charge in [0, 0.05) is 5.88 Å². The van der Waals surface area contributed by atoms with E-state index in [9.17, 15) is 18.0 Å². The summed E-state index contributed by atoms with van der Waals surface area (Å²) in [4.78, 5) is 14.2. The summed E-state index contributed by atoms with van der Waals surface area (Å²) in [6.07, 6.45) is -3.08. The predicted octanol–water partition coefficient (Wildman–Crippen LogP) is 2.68. The molecule has 0 saturated carbocycles. The average Bonchev–Trinajstić information content (AvgIpc) is 2.26. The van der Waals surface area contributed by atoms with Crippen LogP contribution in [0.3, 0.4) is 0 Å². The van der Waals surface area contributed by atoms with Crippen molar-refractivity contribution in [2.75, 3.05) is 7.11 Å². The minimum Gasteiger partial charge on any atom is -0.465 e. The van der Waals surface area contributed by atoms with Gasteiger partial charge in [0.1, 0.15) is 5.69 Å². The Kier molecular flexibility index (Phi) is 4.12. The highest BCUT2D eigenvalue weighted by atomic mass is 35.5. The average molecular weight is 254 g/mol. The number of carbonyl (C=O) groups excluding carboxylic acids is 1. The third-order valence-electron chi connectivity index (χ3n) is 1.84. The number of hydrogen-bond acceptors (Lipinski definition) is 3. The predicted molar refractivity (Wildman–Crippen MR) is 50.0 cm³/mol. The standard InChI is InChI=1S/C9H7ClF3NO2/c1-16-9(15)6-4(3-10)2-5(11)14-7(6)8(12)13/h2,8H,3H2,1H3. The van der Waals surface area contributed by atoms with E-state index in [0.717, 1.165) is 13.2 Å². The first-order chi connectivity index (χ1) is 7.51. The Morgan fingerprint density at radius 3 is 2.69 bits per heavy atom. The number of aromatic nitrogens is 1. The first kappa shape index (κ1) is 12.8. The number of ether oxygens (including phenoxy) is 1. The Labute approximate surface area is 94.2 Å². The molecule has 0 amide bonds. The molecule has 0 spiro atoms. The third-order valence-corrected chi connectivity index (χ3v) is 2.13. The molecule has 0 aromatic carbocycles. The number of esters is 1. The fourth-order valence-corrected chi connectivity index (χ4v) is 1.40. The zero-order valence-corrected chi connectivity index (χ0v) is 8.89. The molecule has 1 aromatic heterocycles. The molecule has 0 fully saturated rings. The summed E-state index contributed by atoms with van der Waals surface area (Å²) in [5, 5.41) is 0. The van der Waals surface area contributed by atoms with Crippen LogP contribution in [0.15, 0.2) is 6.07 Å². The lowest BCUT2D eigenvalue weighted by molar-refractivity contribution is 0.0585. The molecule has 0 unspecified atom stereocenters. The number of hydrogen-bond donors (Lipinski definition) is 0. The van der Waals surface area contributed by atoms with Gasteiger partial charge in [-0.1, -0.05) is 0 Å². The summed E-state index contributed by atoms with van der Waals surface area (Å²) in [7, 11) is 1.03. The molecule has 0 saturated heterocycles. The van der Waals surface area contributed by atoms with Crippen molar-refractivity contribution in [2.24, 2.45) is 0 Å². The SMILES string of the molecule is COC(=O)c1c(CCl)cc(F)nc1C(F)F. The van der Waals surface area contributed by atoms with E-state index in [4.69, 9.17) is 11.6 Å². The van der Waals surface area contributed by atoms with Crippen LogP contribution in [0.5, 0.6) is 0 Å². The topological polar surface area (TPSA) is 39.2 Å². The quantitative estimate of drug-likeness (QED) is 0.472. The molecule has 1 aromatic rings. The van der Waals surface area contributed by atoms with Crippen molar-refractivity contribution in [1.82, 2.24) is 4.98 Å². The normalized spacial score (nSPS) is 10.6. The van der Waals surface area contributed by atoms with E-state index < -0.39 is 29.6 Å². The second-order valence-electron chi connectivity index (χ2n) is 2.79. The molecule has 88 valence electrons. The van der Waals surface area contributed by atoms with Gasteiger partial charge < -0.3 is 4.74 Å². The number of alkyl halides is 3. The molecular formula is C9H7ClF3NO2. The van der Waals surface area contributed by atoms with Gasteiger partial charge in [-0.3, -0.25) is 0 Å². The van der Waals surface area contributed by atoms with Crippen LogP contribution in [-0.2, 0) is 10.6 Å². The monoisotopic (exact) mass is 253 g/mol. The summed E-state index contributed by atoms with van der Waals surface area (Å²) in [5.74, 6) is -2.42. The maximum Gasteiger partial charge on any atom is 0.340 e. The van der Waals surface area contributed by atoms with Crippen molar-refractivity contribution in [3.63, 3.8) is 0 Å². The largest absolute Gasteiger partial charge is 0.465 e. The molecule has 0 aliphatic rings. The van der Waals surface area contributed by atoms with E-state index in [0.29, 0.717) is 0 Å².